The molecule has 1 amide bonds. The maximum atomic E-state index is 15.3. The van der Waals surface area contributed by atoms with Crippen molar-refractivity contribution in [3.05, 3.63) is 42.0 Å². The van der Waals surface area contributed by atoms with Crippen LogP contribution in [-0.4, -0.2) is 40.3 Å². The summed E-state index contributed by atoms with van der Waals surface area (Å²) in [6.07, 6.45) is 4.66. The molecule has 0 bridgehead atoms. The minimum atomic E-state index is -0.244. The van der Waals surface area contributed by atoms with Crippen LogP contribution in [0.2, 0.25) is 0 Å². The van der Waals surface area contributed by atoms with Crippen LogP contribution in [0.4, 0.5) is 15.9 Å². The number of hydrogen-bond acceptors (Lipinski definition) is 4. The Kier molecular flexibility index (Phi) is 4.02. The van der Waals surface area contributed by atoms with Crippen LogP contribution < -0.4 is 10.2 Å². The predicted octanol–water partition coefficient (Wildman–Crippen LogP) is 3.21. The van der Waals surface area contributed by atoms with Gasteiger partial charge in [-0.05, 0) is 35.2 Å². The van der Waals surface area contributed by atoms with Gasteiger partial charge in [-0.25, -0.2) is 8.91 Å². The number of H-pyrrole nitrogens is 1. The summed E-state index contributed by atoms with van der Waals surface area (Å²) in [5.41, 5.74) is 4.30. The molecule has 0 fully saturated rings. The predicted molar refractivity (Wildman–Crippen MR) is 104 cm³/mol. The molecule has 0 saturated carbocycles. The second kappa shape index (κ2) is 6.39. The zero-order valence-corrected chi connectivity index (χ0v) is 15.2. The highest BCUT2D eigenvalue weighted by Crippen LogP contribution is 2.40. The Hall–Kier alpha value is -3.42. The quantitative estimate of drug-likeness (QED) is 0.532. The largest absolute Gasteiger partial charge is 0.374 e. The van der Waals surface area contributed by atoms with Gasteiger partial charge in [0.1, 0.15) is 0 Å². The Bertz CT molecular complexity index is 1160. The van der Waals surface area contributed by atoms with Gasteiger partial charge < -0.3 is 10.2 Å². The van der Waals surface area contributed by atoms with Crippen molar-refractivity contribution in [3.8, 4) is 11.1 Å². The SMILES string of the molecule is CCc1c(F)c(N(C)C)c2[nH]ncc2c1-c1ccn2nc(NC=O)cc2c1. The van der Waals surface area contributed by atoms with Gasteiger partial charge in [-0.15, -0.1) is 0 Å². The molecule has 3 heterocycles. The summed E-state index contributed by atoms with van der Waals surface area (Å²) in [5, 5.41) is 14.8. The molecule has 0 saturated heterocycles. The monoisotopic (exact) mass is 366 g/mol. The first-order chi connectivity index (χ1) is 13.0. The third kappa shape index (κ3) is 2.61. The summed E-state index contributed by atoms with van der Waals surface area (Å²) >= 11 is 0. The minimum Gasteiger partial charge on any atom is -0.374 e. The summed E-state index contributed by atoms with van der Waals surface area (Å²) in [6, 6.07) is 5.58. The smallest absolute Gasteiger partial charge is 0.212 e. The minimum absolute atomic E-state index is 0.244. The molecule has 0 aliphatic rings. The summed E-state index contributed by atoms with van der Waals surface area (Å²) in [7, 11) is 3.63. The number of benzene rings is 1. The number of aromatic nitrogens is 4. The second-order valence-electron chi connectivity index (χ2n) is 6.50. The number of nitrogens with zero attached hydrogens (tertiary/aromatic N) is 4. The van der Waals surface area contributed by atoms with Crippen LogP contribution >= 0.6 is 0 Å². The lowest BCUT2D eigenvalue weighted by atomic mass is 9.93. The number of carbonyl (C=O) groups excluding carboxylic acids is 1. The third-order valence-electron chi connectivity index (χ3n) is 4.68. The Morgan fingerprint density at radius 3 is 2.89 bits per heavy atom. The molecule has 0 radical (unpaired) electrons. The first-order valence-corrected chi connectivity index (χ1v) is 8.59. The maximum absolute atomic E-state index is 15.3. The lowest BCUT2D eigenvalue weighted by Crippen LogP contribution is -2.13. The highest BCUT2D eigenvalue weighted by molar-refractivity contribution is 6.03. The number of rotatable bonds is 5. The highest BCUT2D eigenvalue weighted by atomic mass is 19.1. The van der Waals surface area contributed by atoms with Crippen LogP contribution in [-0.2, 0) is 11.2 Å². The second-order valence-corrected chi connectivity index (χ2v) is 6.50. The fraction of sp³-hybridized carbons (Fsp3) is 0.211. The van der Waals surface area contributed by atoms with Gasteiger partial charge in [0.2, 0.25) is 6.41 Å². The molecule has 2 N–H and O–H groups in total. The number of hydrogen-bond donors (Lipinski definition) is 2. The number of pyridine rings is 1. The van der Waals surface area contributed by atoms with Crippen molar-refractivity contribution >= 4 is 34.3 Å². The van der Waals surface area contributed by atoms with Gasteiger partial charge in [-0.2, -0.15) is 10.2 Å². The van der Waals surface area contributed by atoms with E-state index in [9.17, 15) is 4.79 Å². The Morgan fingerprint density at radius 2 is 2.19 bits per heavy atom. The summed E-state index contributed by atoms with van der Waals surface area (Å²) in [4.78, 5) is 12.4. The Balaban J connectivity index is 2.01. The first-order valence-electron chi connectivity index (χ1n) is 8.59. The van der Waals surface area contributed by atoms with E-state index in [1.807, 2.05) is 33.2 Å². The number of carbonyl (C=O) groups is 1. The molecular formula is C19H19FN6O. The molecule has 4 aromatic rings. The zero-order chi connectivity index (χ0) is 19.1. The van der Waals surface area contributed by atoms with Gasteiger partial charge in [-0.1, -0.05) is 6.92 Å². The molecule has 3 aromatic heterocycles. The van der Waals surface area contributed by atoms with Gasteiger partial charge in [0.25, 0.3) is 0 Å². The Labute approximate surface area is 154 Å². The number of fused-ring (bicyclic) bond motifs is 2. The molecule has 0 aliphatic heterocycles. The number of aromatic amines is 1. The number of anilines is 2. The topological polar surface area (TPSA) is 78.3 Å². The maximum Gasteiger partial charge on any atom is 0.212 e. The first kappa shape index (κ1) is 17.0. The van der Waals surface area contributed by atoms with Crippen molar-refractivity contribution < 1.29 is 9.18 Å². The van der Waals surface area contributed by atoms with E-state index in [0.717, 1.165) is 22.0 Å². The fourth-order valence-corrected chi connectivity index (χ4v) is 3.54. The van der Waals surface area contributed by atoms with Crippen molar-refractivity contribution in [2.75, 3.05) is 24.3 Å². The molecule has 4 rings (SSSR count). The molecule has 0 atom stereocenters. The Morgan fingerprint density at radius 1 is 1.37 bits per heavy atom. The van der Waals surface area contributed by atoms with E-state index in [2.05, 4.69) is 20.6 Å². The average molecular weight is 366 g/mol. The van der Waals surface area contributed by atoms with Crippen molar-refractivity contribution in [2.24, 2.45) is 0 Å². The number of halogens is 1. The van der Waals surface area contributed by atoms with Crippen LogP contribution in [0.1, 0.15) is 12.5 Å². The number of nitrogens with one attached hydrogen (secondary N) is 2. The number of amides is 1. The molecule has 1 aromatic carbocycles. The standard InChI is InChI=1S/C19H19FN6O/c1-4-13-16(14-9-22-23-18(14)19(17(13)20)25(2)3)11-5-6-26-12(7-11)8-15(24-26)21-10-27/h5-10H,4H2,1-3H3,(H,22,23)(H,21,24,27). The van der Waals surface area contributed by atoms with Gasteiger partial charge >= 0.3 is 0 Å². The average Bonchev–Trinajstić information content (AvgIpc) is 3.26. The van der Waals surface area contributed by atoms with Gasteiger partial charge in [-0.3, -0.25) is 9.89 Å². The van der Waals surface area contributed by atoms with Crippen LogP contribution in [0.5, 0.6) is 0 Å². The molecule has 0 unspecified atom stereocenters. The highest BCUT2D eigenvalue weighted by Gasteiger charge is 2.22. The van der Waals surface area contributed by atoms with E-state index in [1.54, 1.807) is 27.9 Å². The van der Waals surface area contributed by atoms with Crippen molar-refractivity contribution in [2.45, 2.75) is 13.3 Å². The summed E-state index contributed by atoms with van der Waals surface area (Å²) in [5.74, 6) is 0.214. The van der Waals surface area contributed by atoms with E-state index in [0.29, 0.717) is 35.4 Å². The van der Waals surface area contributed by atoms with Crippen LogP contribution in [0, 0.1) is 5.82 Å². The van der Waals surface area contributed by atoms with Crippen LogP contribution in [0.25, 0.3) is 27.5 Å². The normalized spacial score (nSPS) is 11.3. The van der Waals surface area contributed by atoms with Gasteiger partial charge in [0, 0.05) is 31.7 Å². The fourth-order valence-electron chi connectivity index (χ4n) is 3.54. The lowest BCUT2D eigenvalue weighted by molar-refractivity contribution is -0.105. The summed E-state index contributed by atoms with van der Waals surface area (Å²) < 4.78 is 17.0. The molecule has 27 heavy (non-hydrogen) atoms. The van der Waals surface area contributed by atoms with Crippen LogP contribution in [0.15, 0.2) is 30.6 Å². The molecule has 0 spiro atoms. The molecule has 138 valence electrons. The van der Waals surface area contributed by atoms with E-state index in [4.69, 9.17) is 0 Å². The molecule has 0 aliphatic carbocycles. The third-order valence-corrected chi connectivity index (χ3v) is 4.68. The molecular weight excluding hydrogens is 347 g/mol. The van der Waals surface area contributed by atoms with Crippen molar-refractivity contribution in [1.29, 1.82) is 0 Å². The van der Waals surface area contributed by atoms with E-state index >= 15 is 4.39 Å². The summed E-state index contributed by atoms with van der Waals surface area (Å²) in [6.45, 7) is 1.94. The lowest BCUT2D eigenvalue weighted by Gasteiger charge is -2.20. The van der Waals surface area contributed by atoms with Crippen molar-refractivity contribution in [1.82, 2.24) is 19.8 Å². The zero-order valence-electron chi connectivity index (χ0n) is 15.2. The van der Waals surface area contributed by atoms with E-state index < -0.39 is 0 Å². The van der Waals surface area contributed by atoms with Crippen LogP contribution in [0.3, 0.4) is 0 Å². The van der Waals surface area contributed by atoms with Gasteiger partial charge in [0.05, 0.1) is 22.9 Å². The molecule has 7 nitrogen and oxygen atoms in total. The molecule has 8 heteroatoms. The van der Waals surface area contributed by atoms with Gasteiger partial charge in [0.15, 0.2) is 11.6 Å². The van der Waals surface area contributed by atoms with E-state index in [-0.39, 0.29) is 5.82 Å². The van der Waals surface area contributed by atoms with Crippen molar-refractivity contribution in [3.63, 3.8) is 0 Å². The van der Waals surface area contributed by atoms with E-state index in [1.165, 1.54) is 0 Å².